The smallest absolute Gasteiger partial charge is 0.240 e. The summed E-state index contributed by atoms with van der Waals surface area (Å²) in [5, 5.41) is 3.00. The summed E-state index contributed by atoms with van der Waals surface area (Å²) in [6, 6.07) is 6.50. The van der Waals surface area contributed by atoms with Crippen molar-refractivity contribution in [3.05, 3.63) is 24.3 Å². The monoisotopic (exact) mass is 455 g/mol. The molecule has 1 amide bonds. The minimum atomic E-state index is -3.67. The van der Waals surface area contributed by atoms with Gasteiger partial charge in [-0.25, -0.2) is 13.1 Å². The molecule has 1 unspecified atom stereocenters. The Morgan fingerprint density at radius 3 is 2.35 bits per heavy atom. The van der Waals surface area contributed by atoms with Crippen molar-refractivity contribution in [3.8, 4) is 5.75 Å². The van der Waals surface area contributed by atoms with Crippen molar-refractivity contribution in [1.29, 1.82) is 0 Å². The zero-order valence-electron chi connectivity index (χ0n) is 18.9. The lowest BCUT2D eigenvalue weighted by Gasteiger charge is -2.38. The average molecular weight is 456 g/mol. The number of nitrogens with one attached hydrogen (secondary N) is 2. The van der Waals surface area contributed by atoms with E-state index in [4.69, 9.17) is 9.47 Å². The van der Waals surface area contributed by atoms with Gasteiger partial charge < -0.3 is 14.8 Å². The summed E-state index contributed by atoms with van der Waals surface area (Å²) in [6.45, 7) is 10.5. The van der Waals surface area contributed by atoms with Gasteiger partial charge in [-0.1, -0.05) is 26.7 Å². The average Bonchev–Trinajstić information content (AvgIpc) is 2.77. The van der Waals surface area contributed by atoms with Crippen molar-refractivity contribution in [2.45, 2.75) is 51.0 Å². The fourth-order valence-corrected chi connectivity index (χ4v) is 4.94. The van der Waals surface area contributed by atoms with Crippen molar-refractivity contribution < 1.29 is 22.7 Å². The fraction of sp³-hybridized carbons (Fsp3) is 0.682. The maximum absolute atomic E-state index is 12.4. The molecule has 9 heteroatoms. The van der Waals surface area contributed by atoms with Crippen LogP contribution >= 0.6 is 0 Å². The highest BCUT2D eigenvalue weighted by molar-refractivity contribution is 7.89. The molecule has 0 aliphatic carbocycles. The molecule has 0 saturated carbocycles. The van der Waals surface area contributed by atoms with Crippen LogP contribution in [0.1, 0.15) is 40.0 Å². The molecule has 0 radical (unpaired) electrons. The van der Waals surface area contributed by atoms with Crippen LogP contribution in [0.4, 0.5) is 0 Å². The molecule has 1 atom stereocenters. The second-order valence-corrected chi connectivity index (χ2v) is 9.42. The number of amides is 1. The number of carbonyl (C=O) groups is 1. The molecule has 8 nitrogen and oxygen atoms in total. The maximum Gasteiger partial charge on any atom is 0.240 e. The van der Waals surface area contributed by atoms with Gasteiger partial charge in [0.2, 0.25) is 15.9 Å². The van der Waals surface area contributed by atoms with E-state index < -0.39 is 10.0 Å². The van der Waals surface area contributed by atoms with Crippen LogP contribution < -0.4 is 14.8 Å². The lowest BCUT2D eigenvalue weighted by molar-refractivity contribution is -0.121. The third-order valence-corrected chi connectivity index (χ3v) is 7.18. The third-order valence-electron chi connectivity index (χ3n) is 5.71. The van der Waals surface area contributed by atoms with Gasteiger partial charge in [0, 0.05) is 38.6 Å². The standard InChI is InChI=1S/C22H37N3O5S/c1-4-18(5-2)21(25-13-15-29-16-14-25)17-23-22(26)11-12-24-31(27,28)20-9-7-19(8-10-20)30-6-3/h7-10,18,21,24H,4-6,11-17H2,1-3H3,(H,23,26). The molecule has 2 rings (SSSR count). The van der Waals surface area contributed by atoms with Crippen LogP contribution in [0.3, 0.4) is 0 Å². The molecule has 2 N–H and O–H groups in total. The van der Waals surface area contributed by atoms with Crippen LogP contribution in [0, 0.1) is 5.92 Å². The molecule has 0 bridgehead atoms. The van der Waals surface area contributed by atoms with E-state index in [9.17, 15) is 13.2 Å². The first-order chi connectivity index (χ1) is 14.9. The maximum atomic E-state index is 12.4. The van der Waals surface area contributed by atoms with Crippen LogP contribution in [-0.2, 0) is 19.6 Å². The minimum Gasteiger partial charge on any atom is -0.494 e. The normalized spacial score (nSPS) is 16.3. The van der Waals surface area contributed by atoms with E-state index in [-0.39, 0.29) is 29.8 Å². The summed E-state index contributed by atoms with van der Waals surface area (Å²) >= 11 is 0. The topological polar surface area (TPSA) is 97.0 Å². The molecule has 31 heavy (non-hydrogen) atoms. The van der Waals surface area contributed by atoms with Crippen molar-refractivity contribution >= 4 is 15.9 Å². The van der Waals surface area contributed by atoms with Gasteiger partial charge in [-0.3, -0.25) is 9.69 Å². The lowest BCUT2D eigenvalue weighted by atomic mass is 9.92. The molecule has 1 aromatic carbocycles. The van der Waals surface area contributed by atoms with Gasteiger partial charge >= 0.3 is 0 Å². The van der Waals surface area contributed by atoms with Gasteiger partial charge in [-0.05, 0) is 37.1 Å². The van der Waals surface area contributed by atoms with E-state index in [1.807, 2.05) is 6.92 Å². The van der Waals surface area contributed by atoms with Crippen LogP contribution in [0.25, 0.3) is 0 Å². The van der Waals surface area contributed by atoms with Gasteiger partial charge in [0.15, 0.2) is 0 Å². The Morgan fingerprint density at radius 2 is 1.77 bits per heavy atom. The van der Waals surface area contributed by atoms with Crippen LogP contribution in [0.15, 0.2) is 29.2 Å². The number of nitrogens with zero attached hydrogens (tertiary/aromatic N) is 1. The van der Waals surface area contributed by atoms with Crippen molar-refractivity contribution in [3.63, 3.8) is 0 Å². The number of rotatable bonds is 13. The Morgan fingerprint density at radius 1 is 1.13 bits per heavy atom. The molecule has 1 aliphatic heterocycles. The van der Waals surface area contributed by atoms with E-state index in [0.717, 1.165) is 39.1 Å². The highest BCUT2D eigenvalue weighted by atomic mass is 32.2. The van der Waals surface area contributed by atoms with Crippen molar-refractivity contribution in [1.82, 2.24) is 14.9 Å². The Bertz CT molecular complexity index is 760. The summed E-state index contributed by atoms with van der Waals surface area (Å²) in [4.78, 5) is 14.9. The summed E-state index contributed by atoms with van der Waals surface area (Å²) < 4.78 is 38.1. The molecule has 1 heterocycles. The predicted molar refractivity (Wildman–Crippen MR) is 121 cm³/mol. The molecule has 0 aromatic heterocycles. The van der Waals surface area contributed by atoms with Crippen molar-refractivity contribution in [2.24, 2.45) is 5.92 Å². The molecule has 1 aliphatic rings. The van der Waals surface area contributed by atoms with Gasteiger partial charge in [-0.2, -0.15) is 0 Å². The lowest BCUT2D eigenvalue weighted by Crippen LogP contribution is -2.52. The van der Waals surface area contributed by atoms with Gasteiger partial charge in [0.05, 0.1) is 24.7 Å². The van der Waals surface area contributed by atoms with Gasteiger partial charge in [-0.15, -0.1) is 0 Å². The van der Waals surface area contributed by atoms with E-state index in [1.165, 1.54) is 12.1 Å². The van der Waals surface area contributed by atoms with E-state index in [1.54, 1.807) is 12.1 Å². The SMILES string of the molecule is CCOc1ccc(S(=O)(=O)NCCC(=O)NCC(C(CC)CC)N2CCOCC2)cc1. The van der Waals surface area contributed by atoms with E-state index in [2.05, 4.69) is 28.8 Å². The Balaban J connectivity index is 1.82. The molecular formula is C22H37N3O5S. The number of sulfonamides is 1. The molecule has 1 aromatic rings. The highest BCUT2D eigenvalue weighted by Gasteiger charge is 2.27. The molecule has 0 spiro atoms. The second kappa shape index (κ2) is 13.0. The molecular weight excluding hydrogens is 418 g/mol. The Hall–Kier alpha value is -1.68. The molecule has 176 valence electrons. The summed E-state index contributed by atoms with van der Waals surface area (Å²) in [7, 11) is -3.67. The Labute approximate surface area is 186 Å². The van der Waals surface area contributed by atoms with Crippen LogP contribution in [-0.4, -0.2) is 71.3 Å². The van der Waals surface area contributed by atoms with Gasteiger partial charge in [0.25, 0.3) is 0 Å². The van der Waals surface area contributed by atoms with Crippen LogP contribution in [0.2, 0.25) is 0 Å². The largest absolute Gasteiger partial charge is 0.494 e. The number of morpholine rings is 1. The number of hydrogen-bond donors (Lipinski definition) is 2. The van der Waals surface area contributed by atoms with Gasteiger partial charge in [0.1, 0.15) is 5.75 Å². The fourth-order valence-electron chi connectivity index (χ4n) is 3.91. The van der Waals surface area contributed by atoms with E-state index in [0.29, 0.717) is 24.8 Å². The number of ether oxygens (including phenoxy) is 2. The quantitative estimate of drug-likeness (QED) is 0.472. The number of benzene rings is 1. The molecule has 1 fully saturated rings. The summed E-state index contributed by atoms with van der Waals surface area (Å²) in [5.41, 5.74) is 0. The summed E-state index contributed by atoms with van der Waals surface area (Å²) in [6.07, 6.45) is 2.20. The molecule has 1 saturated heterocycles. The number of hydrogen-bond acceptors (Lipinski definition) is 6. The zero-order valence-corrected chi connectivity index (χ0v) is 19.7. The predicted octanol–water partition coefficient (Wildman–Crippen LogP) is 2.01. The van der Waals surface area contributed by atoms with Crippen LogP contribution in [0.5, 0.6) is 5.75 Å². The zero-order chi connectivity index (χ0) is 22.7. The van der Waals surface area contributed by atoms with E-state index >= 15 is 0 Å². The summed E-state index contributed by atoms with van der Waals surface area (Å²) in [5.74, 6) is 0.961. The third kappa shape index (κ3) is 8.07. The first kappa shape index (κ1) is 25.6. The minimum absolute atomic E-state index is 0.0502. The first-order valence-electron chi connectivity index (χ1n) is 11.2. The highest BCUT2D eigenvalue weighted by Crippen LogP contribution is 2.20. The van der Waals surface area contributed by atoms with Crippen molar-refractivity contribution in [2.75, 3.05) is 46.0 Å². The second-order valence-electron chi connectivity index (χ2n) is 7.65. The number of carbonyl (C=O) groups excluding carboxylic acids is 1. The Kier molecular flexibility index (Phi) is 10.7. The first-order valence-corrected chi connectivity index (χ1v) is 12.7.